The minimum absolute atomic E-state index is 0.276. The van der Waals surface area contributed by atoms with E-state index >= 15 is 0 Å². The average molecular weight is 323 g/mol. The first-order chi connectivity index (χ1) is 9.24. The molecule has 4 heteroatoms. The molecule has 1 fully saturated rings. The van der Waals surface area contributed by atoms with Gasteiger partial charge in [0, 0.05) is 17.6 Å². The summed E-state index contributed by atoms with van der Waals surface area (Å²) in [7, 11) is 0. The molecule has 2 atom stereocenters. The van der Waals surface area contributed by atoms with Crippen molar-refractivity contribution in [3.8, 4) is 6.07 Å². The highest BCUT2D eigenvalue weighted by molar-refractivity contribution is 9.10. The number of hydrogen-bond acceptors (Lipinski definition) is 3. The van der Waals surface area contributed by atoms with Crippen LogP contribution < -0.4 is 5.32 Å². The lowest BCUT2D eigenvalue weighted by atomic mass is 9.79. The third-order valence-electron chi connectivity index (χ3n) is 3.96. The highest BCUT2D eigenvalue weighted by Crippen LogP contribution is 2.30. The Labute approximate surface area is 122 Å². The second-order valence-electron chi connectivity index (χ2n) is 5.17. The van der Waals surface area contributed by atoms with Gasteiger partial charge in [-0.1, -0.05) is 28.8 Å². The van der Waals surface area contributed by atoms with E-state index in [9.17, 15) is 5.11 Å². The molecule has 2 unspecified atom stereocenters. The van der Waals surface area contributed by atoms with Crippen molar-refractivity contribution >= 4 is 21.6 Å². The first-order valence-electron chi connectivity index (χ1n) is 6.79. The molecule has 2 N–H and O–H groups in total. The summed E-state index contributed by atoms with van der Waals surface area (Å²) in [5.74, 6) is 0.913. The molecule has 1 aromatic carbocycles. The lowest BCUT2D eigenvalue weighted by Crippen LogP contribution is -2.28. The molecular weight excluding hydrogens is 304 g/mol. The molecule has 2 rings (SSSR count). The zero-order chi connectivity index (χ0) is 13.7. The predicted molar refractivity (Wildman–Crippen MR) is 79.9 cm³/mol. The Balaban J connectivity index is 2.00. The fourth-order valence-corrected chi connectivity index (χ4v) is 3.16. The van der Waals surface area contributed by atoms with Gasteiger partial charge in [0.2, 0.25) is 0 Å². The van der Waals surface area contributed by atoms with Gasteiger partial charge < -0.3 is 10.4 Å². The van der Waals surface area contributed by atoms with E-state index in [0.717, 1.165) is 29.5 Å². The number of hydrogen-bond donors (Lipinski definition) is 2. The first-order valence-corrected chi connectivity index (χ1v) is 7.58. The quantitative estimate of drug-likeness (QED) is 0.891. The molecule has 0 aromatic heterocycles. The van der Waals surface area contributed by atoms with E-state index in [1.165, 1.54) is 12.8 Å². The van der Waals surface area contributed by atoms with Gasteiger partial charge in [-0.3, -0.25) is 0 Å². The molecule has 19 heavy (non-hydrogen) atoms. The van der Waals surface area contributed by atoms with Gasteiger partial charge in [0.1, 0.15) is 6.07 Å². The second-order valence-corrected chi connectivity index (χ2v) is 6.09. The molecule has 0 saturated heterocycles. The van der Waals surface area contributed by atoms with Crippen LogP contribution in [0.1, 0.15) is 31.2 Å². The number of nitrogens with zero attached hydrogens (tertiary/aromatic N) is 1. The fourth-order valence-electron chi connectivity index (χ4n) is 2.80. The molecule has 0 amide bonds. The molecule has 1 aliphatic carbocycles. The van der Waals surface area contributed by atoms with E-state index in [2.05, 4.69) is 27.3 Å². The molecule has 1 aromatic rings. The van der Waals surface area contributed by atoms with Crippen molar-refractivity contribution < 1.29 is 5.11 Å². The predicted octanol–water partition coefficient (Wildman–Crippen LogP) is 3.53. The number of nitrogens with one attached hydrogen (secondary N) is 1. The van der Waals surface area contributed by atoms with E-state index in [0.29, 0.717) is 17.4 Å². The van der Waals surface area contributed by atoms with Crippen LogP contribution in [-0.4, -0.2) is 18.3 Å². The lowest BCUT2D eigenvalue weighted by Gasteiger charge is -2.30. The normalized spacial score (nSPS) is 22.8. The highest BCUT2D eigenvalue weighted by Gasteiger charge is 2.24. The zero-order valence-corrected chi connectivity index (χ0v) is 12.5. The summed E-state index contributed by atoms with van der Waals surface area (Å²) in [5.41, 5.74) is 1.54. The standard InChI is InChI=1S/C15H19BrN2O/c16-14-5-6-15(13(7-14)8-17)18-9-11-3-1-2-4-12(11)10-19/h5-7,11-12,18-19H,1-4,9-10H2. The third-order valence-corrected chi connectivity index (χ3v) is 4.45. The van der Waals surface area contributed by atoms with Crippen molar-refractivity contribution in [2.24, 2.45) is 11.8 Å². The smallest absolute Gasteiger partial charge is 0.101 e. The molecule has 0 aliphatic heterocycles. The molecule has 1 saturated carbocycles. The van der Waals surface area contributed by atoms with Crippen LogP contribution in [-0.2, 0) is 0 Å². The Morgan fingerprint density at radius 2 is 2.05 bits per heavy atom. The molecule has 0 bridgehead atoms. The van der Waals surface area contributed by atoms with Crippen molar-refractivity contribution in [3.05, 3.63) is 28.2 Å². The van der Waals surface area contributed by atoms with E-state index in [1.54, 1.807) is 0 Å². The van der Waals surface area contributed by atoms with Gasteiger partial charge in [-0.15, -0.1) is 0 Å². The van der Waals surface area contributed by atoms with Gasteiger partial charge in [0.05, 0.1) is 11.3 Å². The number of aliphatic hydroxyl groups excluding tert-OH is 1. The number of halogens is 1. The van der Waals surface area contributed by atoms with Gasteiger partial charge in [-0.2, -0.15) is 5.26 Å². The number of anilines is 1. The number of rotatable bonds is 4. The van der Waals surface area contributed by atoms with Crippen LogP contribution in [0.25, 0.3) is 0 Å². The molecule has 0 heterocycles. The Bertz CT molecular complexity index is 470. The van der Waals surface area contributed by atoms with E-state index in [-0.39, 0.29) is 6.61 Å². The molecule has 3 nitrogen and oxygen atoms in total. The summed E-state index contributed by atoms with van der Waals surface area (Å²) >= 11 is 3.37. The average Bonchev–Trinajstić information content (AvgIpc) is 2.46. The summed E-state index contributed by atoms with van der Waals surface area (Å²) < 4.78 is 0.917. The number of nitriles is 1. The number of benzene rings is 1. The summed E-state index contributed by atoms with van der Waals surface area (Å²) in [6.07, 6.45) is 4.75. The summed E-state index contributed by atoms with van der Waals surface area (Å²) in [6, 6.07) is 7.90. The maximum atomic E-state index is 9.41. The van der Waals surface area contributed by atoms with Gasteiger partial charge in [0.25, 0.3) is 0 Å². The van der Waals surface area contributed by atoms with Crippen molar-refractivity contribution in [2.75, 3.05) is 18.5 Å². The minimum Gasteiger partial charge on any atom is -0.396 e. The maximum absolute atomic E-state index is 9.41. The van der Waals surface area contributed by atoms with Crippen LogP contribution in [0.4, 0.5) is 5.69 Å². The Morgan fingerprint density at radius 3 is 2.74 bits per heavy atom. The molecular formula is C15H19BrN2O. The minimum atomic E-state index is 0.276. The number of aliphatic hydroxyl groups is 1. The van der Waals surface area contributed by atoms with Gasteiger partial charge in [0.15, 0.2) is 0 Å². The summed E-state index contributed by atoms with van der Waals surface area (Å²) in [4.78, 5) is 0. The largest absolute Gasteiger partial charge is 0.396 e. The van der Waals surface area contributed by atoms with Crippen LogP contribution in [0.15, 0.2) is 22.7 Å². The topological polar surface area (TPSA) is 56.0 Å². The van der Waals surface area contributed by atoms with Crippen LogP contribution in [0, 0.1) is 23.2 Å². The molecule has 1 aliphatic rings. The Hall–Kier alpha value is -1.05. The monoisotopic (exact) mass is 322 g/mol. The van der Waals surface area contributed by atoms with E-state index < -0.39 is 0 Å². The van der Waals surface area contributed by atoms with Crippen LogP contribution in [0.3, 0.4) is 0 Å². The maximum Gasteiger partial charge on any atom is 0.101 e. The van der Waals surface area contributed by atoms with Crippen molar-refractivity contribution in [1.29, 1.82) is 5.26 Å². The third kappa shape index (κ3) is 3.71. The highest BCUT2D eigenvalue weighted by atomic mass is 79.9. The van der Waals surface area contributed by atoms with Crippen molar-refractivity contribution in [3.63, 3.8) is 0 Å². The summed E-state index contributed by atoms with van der Waals surface area (Å²) in [5, 5.41) is 21.9. The Morgan fingerprint density at radius 1 is 1.32 bits per heavy atom. The lowest BCUT2D eigenvalue weighted by molar-refractivity contribution is 0.141. The van der Waals surface area contributed by atoms with Gasteiger partial charge in [-0.25, -0.2) is 0 Å². The van der Waals surface area contributed by atoms with Crippen LogP contribution in [0.2, 0.25) is 0 Å². The Kier molecular flexibility index (Phi) is 5.24. The van der Waals surface area contributed by atoms with Crippen molar-refractivity contribution in [2.45, 2.75) is 25.7 Å². The summed E-state index contributed by atoms with van der Waals surface area (Å²) in [6.45, 7) is 1.11. The van der Waals surface area contributed by atoms with Gasteiger partial charge >= 0.3 is 0 Å². The molecule has 102 valence electrons. The molecule has 0 radical (unpaired) electrons. The molecule has 0 spiro atoms. The van der Waals surface area contributed by atoms with Crippen LogP contribution >= 0.6 is 15.9 Å². The SMILES string of the molecule is N#Cc1cc(Br)ccc1NCC1CCCCC1CO. The van der Waals surface area contributed by atoms with Crippen LogP contribution in [0.5, 0.6) is 0 Å². The van der Waals surface area contributed by atoms with Crippen molar-refractivity contribution in [1.82, 2.24) is 0 Å². The van der Waals surface area contributed by atoms with Gasteiger partial charge in [-0.05, 0) is 42.9 Å². The fraction of sp³-hybridized carbons (Fsp3) is 0.533. The first kappa shape index (κ1) is 14.4. The zero-order valence-electron chi connectivity index (χ0n) is 10.9. The van der Waals surface area contributed by atoms with E-state index in [1.807, 2.05) is 18.2 Å². The second kappa shape index (κ2) is 6.93. The van der Waals surface area contributed by atoms with E-state index in [4.69, 9.17) is 5.26 Å².